The molecule has 2 aliphatic rings. The number of anilines is 1. The van der Waals surface area contributed by atoms with E-state index in [1.54, 1.807) is 18.5 Å². The summed E-state index contributed by atoms with van der Waals surface area (Å²) in [6, 6.07) is 7.50. The number of carbonyl (C=O) groups is 2. The molecule has 0 unspecified atom stereocenters. The van der Waals surface area contributed by atoms with Gasteiger partial charge in [-0.2, -0.15) is 12.7 Å². The lowest BCUT2D eigenvalue weighted by Crippen LogP contribution is -2.34. The number of benzene rings is 2. The Balaban J connectivity index is 1.33. The minimum atomic E-state index is -4.44. The van der Waals surface area contributed by atoms with Gasteiger partial charge in [-0.05, 0) is 55.5 Å². The summed E-state index contributed by atoms with van der Waals surface area (Å²) in [5.41, 5.74) is -1.32. The van der Waals surface area contributed by atoms with E-state index in [4.69, 9.17) is 23.2 Å². The number of halogens is 5. The van der Waals surface area contributed by atoms with Crippen LogP contribution in [0.15, 0.2) is 61.2 Å². The first kappa shape index (κ1) is 33.1. The largest absolute Gasteiger partial charge is 0.301 e. The van der Waals surface area contributed by atoms with Gasteiger partial charge in [-0.1, -0.05) is 29.3 Å². The predicted molar refractivity (Wildman–Crippen MR) is 177 cm³/mol. The second kappa shape index (κ2) is 12.8. The number of carbonyl (C=O) groups excluding carboxylic acids is 2. The molecule has 1 N–H and O–H groups in total. The van der Waals surface area contributed by atoms with Crippen molar-refractivity contribution < 1.29 is 31.2 Å². The zero-order valence-corrected chi connectivity index (χ0v) is 27.7. The van der Waals surface area contributed by atoms with Gasteiger partial charge in [0.2, 0.25) is 5.78 Å². The van der Waals surface area contributed by atoms with E-state index >= 15 is 8.78 Å². The molecule has 0 spiro atoms. The maximum absolute atomic E-state index is 16.0. The van der Waals surface area contributed by atoms with E-state index in [1.165, 1.54) is 24.4 Å². The molecule has 16 heteroatoms. The topological polar surface area (TPSA) is 127 Å². The van der Waals surface area contributed by atoms with Crippen LogP contribution >= 0.6 is 23.2 Å². The van der Waals surface area contributed by atoms with Crippen LogP contribution in [0.25, 0.3) is 22.2 Å². The number of rotatable bonds is 9. The summed E-state index contributed by atoms with van der Waals surface area (Å²) in [4.78, 5) is 41.2. The number of alkyl halides is 1. The van der Waals surface area contributed by atoms with Crippen molar-refractivity contribution >= 4 is 61.8 Å². The lowest BCUT2D eigenvalue weighted by molar-refractivity contribution is 0.0964. The Morgan fingerprint density at radius 1 is 0.939 bits per heavy atom. The fraction of sp³-hybridized carbons (Fsp3) is 0.242. The highest BCUT2D eigenvalue weighted by Gasteiger charge is 2.34. The molecule has 2 aromatic carbocycles. The van der Waals surface area contributed by atoms with Crippen molar-refractivity contribution in [2.45, 2.75) is 31.9 Å². The van der Waals surface area contributed by atoms with Gasteiger partial charge in [-0.3, -0.25) is 18.9 Å². The van der Waals surface area contributed by atoms with E-state index in [9.17, 15) is 22.4 Å². The maximum Gasteiger partial charge on any atom is 0.301 e. The summed E-state index contributed by atoms with van der Waals surface area (Å²) in [5, 5.41) is 0.0693. The fourth-order valence-corrected chi connectivity index (χ4v) is 7.52. The highest BCUT2D eigenvalue weighted by Crippen LogP contribution is 2.34. The van der Waals surface area contributed by atoms with Crippen molar-refractivity contribution in [2.75, 3.05) is 17.8 Å². The lowest BCUT2D eigenvalue weighted by atomic mass is 10.0. The van der Waals surface area contributed by atoms with E-state index in [-0.39, 0.29) is 45.2 Å². The number of nitrogens with zero attached hydrogens (tertiary/aromatic N) is 5. The third-order valence-corrected chi connectivity index (χ3v) is 10.6. The van der Waals surface area contributed by atoms with Gasteiger partial charge in [-0.15, -0.1) is 0 Å². The average Bonchev–Trinajstić information content (AvgIpc) is 3.63. The molecule has 7 rings (SSSR count). The van der Waals surface area contributed by atoms with E-state index in [0.717, 1.165) is 46.5 Å². The molecule has 1 saturated heterocycles. The summed E-state index contributed by atoms with van der Waals surface area (Å²) in [5.74, 6) is -3.53. The first-order chi connectivity index (χ1) is 23.4. The van der Waals surface area contributed by atoms with Gasteiger partial charge in [0.25, 0.3) is 5.91 Å². The van der Waals surface area contributed by atoms with E-state index in [2.05, 4.69) is 15.0 Å². The van der Waals surface area contributed by atoms with Crippen molar-refractivity contribution in [2.24, 2.45) is 5.92 Å². The van der Waals surface area contributed by atoms with Gasteiger partial charge < -0.3 is 0 Å². The molecule has 0 amide bonds. The molecule has 5 aromatic rings. The van der Waals surface area contributed by atoms with Gasteiger partial charge in [0.05, 0.1) is 32.4 Å². The fourth-order valence-electron chi connectivity index (χ4n) is 5.70. The van der Waals surface area contributed by atoms with Crippen molar-refractivity contribution in [3.63, 3.8) is 0 Å². The number of hydrogen-bond donors (Lipinski definition) is 1. The summed E-state index contributed by atoms with van der Waals surface area (Å²) in [6.45, 7) is -0.575. The number of nitrogens with one attached hydrogen (secondary N) is 1. The highest BCUT2D eigenvalue weighted by atomic mass is 35.5. The monoisotopic (exact) mass is 728 g/mol. The second-order valence-corrected chi connectivity index (χ2v) is 14.4. The Morgan fingerprint density at radius 2 is 1.63 bits per heavy atom. The predicted octanol–water partition coefficient (Wildman–Crippen LogP) is 6.65. The Bertz CT molecular complexity index is 2240. The van der Waals surface area contributed by atoms with Crippen LogP contribution in [0, 0.1) is 17.6 Å². The number of fused-ring (bicyclic) bond motifs is 1. The lowest BCUT2D eigenvalue weighted by Gasteiger charge is -2.18. The van der Waals surface area contributed by atoms with E-state index < -0.39 is 57.5 Å². The van der Waals surface area contributed by atoms with Crippen molar-refractivity contribution in [3.05, 3.63) is 105 Å². The smallest absolute Gasteiger partial charge is 0.288 e. The summed E-state index contributed by atoms with van der Waals surface area (Å²) < 4.78 is 74.5. The molecule has 2 fully saturated rings. The minimum Gasteiger partial charge on any atom is -0.288 e. The first-order valence-corrected chi connectivity index (χ1v) is 17.4. The Labute approximate surface area is 288 Å². The van der Waals surface area contributed by atoms with Gasteiger partial charge in [0.15, 0.2) is 5.82 Å². The number of aromatic nitrogens is 4. The van der Waals surface area contributed by atoms with Crippen molar-refractivity contribution in [1.29, 1.82) is 0 Å². The Morgan fingerprint density at radius 3 is 2.29 bits per heavy atom. The van der Waals surface area contributed by atoms with Crippen LogP contribution in [0.4, 0.5) is 18.9 Å². The molecule has 252 valence electrons. The molecular formula is C33H25Cl2F3N6O4S. The van der Waals surface area contributed by atoms with Gasteiger partial charge in [0, 0.05) is 60.8 Å². The van der Waals surface area contributed by atoms with Crippen LogP contribution < -0.4 is 4.72 Å². The quantitative estimate of drug-likeness (QED) is 0.168. The van der Waals surface area contributed by atoms with Crippen molar-refractivity contribution in [1.82, 2.24) is 23.8 Å². The third-order valence-electron chi connectivity index (χ3n) is 8.48. The number of pyridine rings is 1. The Hall–Kier alpha value is -4.37. The summed E-state index contributed by atoms with van der Waals surface area (Å²) >= 11 is 12.6. The van der Waals surface area contributed by atoms with Crippen LogP contribution in [0.1, 0.15) is 51.4 Å². The molecule has 1 aliphatic heterocycles. The SMILES string of the molecule is O=C(c1c(F)ccc(NS(=O)(=O)N2CC[C@@H](F)C2)c1F)c1cn(C(=O)c2c(Cl)cccc2Cl)c2ncc(-c3cnc(CC4CC4)nc3)cc12. The van der Waals surface area contributed by atoms with Gasteiger partial charge in [-0.25, -0.2) is 28.1 Å². The molecule has 1 saturated carbocycles. The highest BCUT2D eigenvalue weighted by molar-refractivity contribution is 7.90. The van der Waals surface area contributed by atoms with Crippen LogP contribution in [-0.4, -0.2) is 63.2 Å². The number of hydrogen-bond acceptors (Lipinski definition) is 7. The average molecular weight is 730 g/mol. The van der Waals surface area contributed by atoms with Crippen LogP contribution in [0.5, 0.6) is 0 Å². The molecular weight excluding hydrogens is 704 g/mol. The first-order valence-electron chi connectivity index (χ1n) is 15.2. The van der Waals surface area contributed by atoms with Gasteiger partial charge in [0.1, 0.15) is 23.5 Å². The molecule has 1 aliphatic carbocycles. The molecule has 49 heavy (non-hydrogen) atoms. The zero-order valence-electron chi connectivity index (χ0n) is 25.3. The number of ketones is 1. The van der Waals surface area contributed by atoms with Crippen molar-refractivity contribution in [3.8, 4) is 11.1 Å². The minimum absolute atomic E-state index is 0.0152. The molecule has 1 atom stereocenters. The standard InChI is InChI=1S/C33H25Cl2F3N6O4S/c34-23-2-1-3-24(35)28(23)33(46)44-16-22(21-11-18(12-41-32(21)44)19-13-39-27(40-14-19)10-17-4-5-17)31(45)29-25(37)6-7-26(30(29)38)42-49(47,48)43-9-8-20(36)15-43/h1-3,6-7,11-14,16-17,20,42H,4-5,8-10,15H2/t20-/m1/s1. The molecule has 4 heterocycles. The normalized spacial score (nSPS) is 16.7. The van der Waals surface area contributed by atoms with E-state index in [0.29, 0.717) is 22.9 Å². The maximum atomic E-state index is 16.0. The summed E-state index contributed by atoms with van der Waals surface area (Å²) in [7, 11) is -4.44. The van der Waals surface area contributed by atoms with Crippen LogP contribution in [0.2, 0.25) is 10.0 Å². The third kappa shape index (κ3) is 6.41. The van der Waals surface area contributed by atoms with Gasteiger partial charge >= 0.3 is 10.2 Å². The molecule has 0 bridgehead atoms. The molecule has 10 nitrogen and oxygen atoms in total. The second-order valence-electron chi connectivity index (χ2n) is 11.9. The molecule has 3 aromatic heterocycles. The van der Waals surface area contributed by atoms with Crippen LogP contribution in [-0.2, 0) is 16.6 Å². The summed E-state index contributed by atoms with van der Waals surface area (Å²) in [6.07, 6.45) is 7.29. The zero-order chi connectivity index (χ0) is 34.6. The van der Waals surface area contributed by atoms with Crippen LogP contribution in [0.3, 0.4) is 0 Å². The van der Waals surface area contributed by atoms with E-state index in [1.807, 2.05) is 4.72 Å². The Kier molecular flexibility index (Phi) is 8.67. The molecule has 0 radical (unpaired) electrons.